The third kappa shape index (κ3) is 4.77. The number of thioether (sulfide) groups is 1. The van der Waals surface area contributed by atoms with Crippen LogP contribution in [-0.4, -0.2) is 40.3 Å². The summed E-state index contributed by atoms with van der Waals surface area (Å²) in [6, 6.07) is 1.44. The third-order valence-electron chi connectivity index (χ3n) is 4.66. The lowest BCUT2D eigenvalue weighted by Gasteiger charge is -2.32. The summed E-state index contributed by atoms with van der Waals surface area (Å²) in [4.78, 5) is 22.8. The van der Waals surface area contributed by atoms with E-state index in [-0.39, 0.29) is 16.4 Å². The Morgan fingerprint density at radius 2 is 1.67 bits per heavy atom. The van der Waals surface area contributed by atoms with Crippen LogP contribution in [0.2, 0.25) is 0 Å². The minimum absolute atomic E-state index is 0.0322. The summed E-state index contributed by atoms with van der Waals surface area (Å²) >= 11 is 0.985. The number of benzene rings is 1. The van der Waals surface area contributed by atoms with Gasteiger partial charge in [0.15, 0.2) is 16.7 Å². The van der Waals surface area contributed by atoms with Crippen molar-refractivity contribution < 1.29 is 32.8 Å². The SMILES string of the molecule is CC(=O)SCC(=Cc1cc(F)c(F)cc1C(=O)O)B1OC(C)(C)C(C)(C)O1. The Morgan fingerprint density at radius 3 is 2.15 bits per heavy atom. The summed E-state index contributed by atoms with van der Waals surface area (Å²) in [5, 5.41) is 9.15. The predicted molar refractivity (Wildman–Crippen MR) is 101 cm³/mol. The molecule has 0 saturated carbocycles. The van der Waals surface area contributed by atoms with Crippen LogP contribution >= 0.6 is 11.8 Å². The lowest BCUT2D eigenvalue weighted by molar-refractivity contribution is -0.109. The fourth-order valence-corrected chi connectivity index (χ4v) is 3.01. The van der Waals surface area contributed by atoms with Crippen LogP contribution in [0.25, 0.3) is 6.08 Å². The lowest BCUT2D eigenvalue weighted by atomic mass is 9.78. The van der Waals surface area contributed by atoms with E-state index in [0.29, 0.717) is 11.5 Å². The van der Waals surface area contributed by atoms with Crippen LogP contribution < -0.4 is 0 Å². The standard InChI is InChI=1S/C18H21BF2O5S/c1-10(22)27-9-12(19-25-17(2,3)18(4,5)26-19)6-11-7-14(20)15(21)8-13(11)16(23)24/h6-8H,9H2,1-5H3,(H,23,24). The van der Waals surface area contributed by atoms with Crippen molar-refractivity contribution >= 4 is 36.0 Å². The summed E-state index contributed by atoms with van der Waals surface area (Å²) in [5.74, 6) is -3.66. The lowest BCUT2D eigenvalue weighted by Crippen LogP contribution is -2.41. The first-order valence-corrected chi connectivity index (χ1v) is 9.24. The molecule has 1 N–H and O–H groups in total. The second kappa shape index (κ2) is 7.73. The van der Waals surface area contributed by atoms with E-state index in [4.69, 9.17) is 9.31 Å². The van der Waals surface area contributed by atoms with E-state index in [1.807, 2.05) is 27.7 Å². The number of hydrogen-bond donors (Lipinski definition) is 1. The third-order valence-corrected chi connectivity index (χ3v) is 5.55. The number of carboxylic acids is 1. The van der Waals surface area contributed by atoms with Gasteiger partial charge < -0.3 is 14.4 Å². The molecule has 146 valence electrons. The topological polar surface area (TPSA) is 72.8 Å². The van der Waals surface area contributed by atoms with Gasteiger partial charge in [-0.25, -0.2) is 13.6 Å². The van der Waals surface area contributed by atoms with E-state index < -0.39 is 41.5 Å². The molecular weight excluding hydrogens is 377 g/mol. The molecule has 0 unspecified atom stereocenters. The van der Waals surface area contributed by atoms with Gasteiger partial charge in [-0.05, 0) is 50.9 Å². The molecule has 27 heavy (non-hydrogen) atoms. The average Bonchev–Trinajstić information content (AvgIpc) is 2.74. The number of halogens is 2. The fourth-order valence-electron chi connectivity index (χ4n) is 2.42. The Hall–Kier alpha value is -1.71. The largest absolute Gasteiger partial charge is 0.491 e. The maximum absolute atomic E-state index is 13.7. The molecule has 0 atom stereocenters. The monoisotopic (exact) mass is 398 g/mol. The molecular formula is C18H21BF2O5S. The summed E-state index contributed by atoms with van der Waals surface area (Å²) in [7, 11) is -0.850. The smallest absolute Gasteiger partial charge is 0.478 e. The van der Waals surface area contributed by atoms with Crippen LogP contribution in [0.4, 0.5) is 8.78 Å². The molecule has 2 rings (SSSR count). The van der Waals surface area contributed by atoms with Crippen molar-refractivity contribution in [2.24, 2.45) is 0 Å². The van der Waals surface area contributed by atoms with Crippen molar-refractivity contribution in [3.63, 3.8) is 0 Å². The molecule has 1 saturated heterocycles. The normalized spacial score (nSPS) is 18.6. The minimum Gasteiger partial charge on any atom is -0.478 e. The average molecular weight is 398 g/mol. The molecule has 0 spiro atoms. The van der Waals surface area contributed by atoms with Crippen LogP contribution in [0.1, 0.15) is 50.5 Å². The first-order valence-electron chi connectivity index (χ1n) is 8.26. The van der Waals surface area contributed by atoms with Gasteiger partial charge in [-0.2, -0.15) is 0 Å². The summed E-state index contributed by atoms with van der Waals surface area (Å²) in [6.07, 6.45) is 1.38. The van der Waals surface area contributed by atoms with Gasteiger partial charge in [0.2, 0.25) is 0 Å². The van der Waals surface area contributed by atoms with Crippen molar-refractivity contribution in [2.75, 3.05) is 5.75 Å². The van der Waals surface area contributed by atoms with Crippen molar-refractivity contribution in [2.45, 2.75) is 45.8 Å². The zero-order valence-electron chi connectivity index (χ0n) is 15.8. The Morgan fingerprint density at radius 1 is 1.15 bits per heavy atom. The molecule has 0 aromatic heterocycles. The molecule has 1 fully saturated rings. The summed E-state index contributed by atoms with van der Waals surface area (Å²) < 4.78 is 39.1. The first kappa shape index (κ1) is 21.6. The molecule has 1 aliphatic rings. The highest BCUT2D eigenvalue weighted by Crippen LogP contribution is 2.39. The highest BCUT2D eigenvalue weighted by molar-refractivity contribution is 8.13. The molecule has 0 bridgehead atoms. The summed E-state index contributed by atoms with van der Waals surface area (Å²) in [6.45, 7) is 8.80. The second-order valence-electron chi connectivity index (χ2n) is 7.25. The van der Waals surface area contributed by atoms with Gasteiger partial charge >= 0.3 is 13.1 Å². The van der Waals surface area contributed by atoms with Gasteiger partial charge in [0.1, 0.15) is 0 Å². The van der Waals surface area contributed by atoms with Crippen molar-refractivity contribution in [3.8, 4) is 0 Å². The van der Waals surface area contributed by atoms with Gasteiger partial charge in [0.05, 0.1) is 16.8 Å². The Balaban J connectivity index is 2.51. The molecule has 1 aromatic carbocycles. The number of aromatic carboxylic acids is 1. The molecule has 1 aliphatic heterocycles. The number of hydrogen-bond acceptors (Lipinski definition) is 5. The first-order chi connectivity index (χ1) is 12.3. The number of carbonyl (C=O) groups is 2. The maximum Gasteiger partial charge on any atom is 0.491 e. The van der Waals surface area contributed by atoms with Gasteiger partial charge in [-0.1, -0.05) is 17.8 Å². The molecule has 1 heterocycles. The number of carbonyl (C=O) groups excluding carboxylic acids is 1. The van der Waals surface area contributed by atoms with Crippen LogP contribution in [0.5, 0.6) is 0 Å². The van der Waals surface area contributed by atoms with E-state index in [0.717, 1.165) is 17.8 Å². The van der Waals surface area contributed by atoms with Crippen LogP contribution in [0, 0.1) is 11.6 Å². The van der Waals surface area contributed by atoms with Crippen LogP contribution in [0.3, 0.4) is 0 Å². The molecule has 9 heteroatoms. The minimum atomic E-state index is -1.40. The highest BCUT2D eigenvalue weighted by atomic mass is 32.2. The molecule has 0 radical (unpaired) electrons. The predicted octanol–water partition coefficient (Wildman–Crippen LogP) is 3.96. The van der Waals surface area contributed by atoms with Gasteiger partial charge in [0, 0.05) is 12.7 Å². The molecule has 1 aromatic rings. The highest BCUT2D eigenvalue weighted by Gasteiger charge is 2.52. The van der Waals surface area contributed by atoms with Crippen molar-refractivity contribution in [3.05, 3.63) is 40.4 Å². The van der Waals surface area contributed by atoms with Gasteiger partial charge in [0.25, 0.3) is 0 Å². The Kier molecular flexibility index (Phi) is 6.18. The molecule has 5 nitrogen and oxygen atoms in total. The van der Waals surface area contributed by atoms with Gasteiger partial charge in [-0.3, -0.25) is 4.79 Å². The van der Waals surface area contributed by atoms with E-state index >= 15 is 0 Å². The Labute approximate surface area is 161 Å². The van der Waals surface area contributed by atoms with Gasteiger partial charge in [-0.15, -0.1) is 0 Å². The number of rotatable bonds is 5. The zero-order chi connectivity index (χ0) is 20.6. The second-order valence-corrected chi connectivity index (χ2v) is 8.40. The van der Waals surface area contributed by atoms with Crippen molar-refractivity contribution in [1.82, 2.24) is 0 Å². The fraction of sp³-hybridized carbons (Fsp3) is 0.444. The molecule has 0 amide bonds. The van der Waals surface area contributed by atoms with E-state index in [1.165, 1.54) is 13.0 Å². The summed E-state index contributed by atoms with van der Waals surface area (Å²) in [5.41, 5.74) is -1.28. The van der Waals surface area contributed by atoms with Crippen LogP contribution in [0.15, 0.2) is 17.6 Å². The zero-order valence-corrected chi connectivity index (χ0v) is 16.6. The van der Waals surface area contributed by atoms with E-state index in [9.17, 15) is 23.5 Å². The van der Waals surface area contributed by atoms with E-state index in [1.54, 1.807) is 0 Å². The maximum atomic E-state index is 13.7. The molecule has 0 aliphatic carbocycles. The number of carboxylic acid groups (broad SMARTS) is 1. The van der Waals surface area contributed by atoms with Crippen molar-refractivity contribution in [1.29, 1.82) is 0 Å². The van der Waals surface area contributed by atoms with E-state index in [2.05, 4.69) is 0 Å². The quantitative estimate of drug-likeness (QED) is 0.758. The Bertz CT molecular complexity index is 791. The van der Waals surface area contributed by atoms with Crippen LogP contribution in [-0.2, 0) is 14.1 Å².